The molecule has 0 unspecified atom stereocenters. The summed E-state index contributed by atoms with van der Waals surface area (Å²) in [4.78, 5) is 37.7. The second kappa shape index (κ2) is 8.70. The van der Waals surface area contributed by atoms with Crippen LogP contribution in [-0.4, -0.2) is 47.7 Å². The lowest BCUT2D eigenvalue weighted by atomic mass is 9.67. The van der Waals surface area contributed by atoms with Gasteiger partial charge in [0, 0.05) is 31.1 Å². The van der Waals surface area contributed by atoms with E-state index in [4.69, 9.17) is 14.2 Å². The molecule has 5 atom stereocenters. The zero-order valence-electron chi connectivity index (χ0n) is 19.5. The number of ketones is 1. The van der Waals surface area contributed by atoms with Gasteiger partial charge >= 0.3 is 11.9 Å². The van der Waals surface area contributed by atoms with E-state index in [0.29, 0.717) is 16.9 Å². The van der Waals surface area contributed by atoms with E-state index in [2.05, 4.69) is 0 Å². The van der Waals surface area contributed by atoms with Crippen LogP contribution in [0.1, 0.15) is 57.8 Å². The number of hydrogen-bond donors (Lipinski definition) is 1. The Morgan fingerprint density at radius 2 is 1.78 bits per heavy atom. The van der Waals surface area contributed by atoms with Gasteiger partial charge in [0.1, 0.15) is 18.0 Å². The number of aliphatic hydroxyl groups is 1. The van der Waals surface area contributed by atoms with Crippen molar-refractivity contribution in [1.82, 2.24) is 0 Å². The van der Waals surface area contributed by atoms with E-state index in [9.17, 15) is 19.5 Å². The van der Waals surface area contributed by atoms with Crippen LogP contribution in [0.4, 0.5) is 0 Å². The van der Waals surface area contributed by atoms with Crippen LogP contribution in [0.3, 0.4) is 0 Å². The summed E-state index contributed by atoms with van der Waals surface area (Å²) in [7, 11) is 1.54. The standard InChI is InChI=1S/C25H32O7/c1-14(2)25(29)13-21(31-16(4)26)24(5)12-19(27)15(3)11-20(22(24)25)32-23(28)17-7-9-18(30-6)10-8-17/h7-11,14,20-22,29H,12-13H2,1-6H3/t20-,21-,22+,24-,25+/m0/s1. The molecule has 2 aliphatic rings. The molecule has 0 radical (unpaired) electrons. The van der Waals surface area contributed by atoms with Crippen molar-refractivity contribution in [2.75, 3.05) is 7.11 Å². The normalized spacial score (nSPS) is 32.1. The molecule has 3 rings (SSSR count). The molecule has 7 heteroatoms. The summed E-state index contributed by atoms with van der Waals surface area (Å²) in [5.41, 5.74) is -1.42. The van der Waals surface area contributed by atoms with Gasteiger partial charge in [-0.3, -0.25) is 9.59 Å². The third kappa shape index (κ3) is 4.18. The van der Waals surface area contributed by atoms with Gasteiger partial charge in [-0.25, -0.2) is 4.79 Å². The molecule has 2 aliphatic carbocycles. The fourth-order valence-corrected chi connectivity index (χ4v) is 5.23. The van der Waals surface area contributed by atoms with Crippen molar-refractivity contribution in [2.24, 2.45) is 17.3 Å². The van der Waals surface area contributed by atoms with Crippen molar-refractivity contribution in [2.45, 2.75) is 65.3 Å². The van der Waals surface area contributed by atoms with Crippen LogP contribution in [-0.2, 0) is 19.1 Å². The molecule has 1 aromatic carbocycles. The fraction of sp³-hybridized carbons (Fsp3) is 0.560. The number of benzene rings is 1. The smallest absolute Gasteiger partial charge is 0.338 e. The Kier molecular flexibility index (Phi) is 6.52. The van der Waals surface area contributed by atoms with Crippen LogP contribution in [0.5, 0.6) is 5.75 Å². The fourth-order valence-electron chi connectivity index (χ4n) is 5.23. The number of fused-ring (bicyclic) bond motifs is 1. The molecule has 1 aromatic rings. The molecule has 0 spiro atoms. The molecule has 0 aromatic heterocycles. The first-order valence-corrected chi connectivity index (χ1v) is 10.9. The first-order chi connectivity index (χ1) is 14.9. The second-order valence-electron chi connectivity index (χ2n) is 9.48. The van der Waals surface area contributed by atoms with Crippen LogP contribution in [0.15, 0.2) is 35.9 Å². The quantitative estimate of drug-likeness (QED) is 0.694. The van der Waals surface area contributed by atoms with Crippen molar-refractivity contribution >= 4 is 17.7 Å². The minimum absolute atomic E-state index is 0.0869. The largest absolute Gasteiger partial charge is 0.497 e. The maximum atomic E-state index is 13.0. The molecule has 1 N–H and O–H groups in total. The summed E-state index contributed by atoms with van der Waals surface area (Å²) >= 11 is 0. The van der Waals surface area contributed by atoms with Crippen LogP contribution >= 0.6 is 0 Å². The maximum Gasteiger partial charge on any atom is 0.338 e. The third-order valence-corrected chi connectivity index (χ3v) is 7.10. The molecule has 0 amide bonds. The van der Waals surface area contributed by atoms with Gasteiger partial charge in [-0.1, -0.05) is 20.8 Å². The molecule has 0 heterocycles. The lowest BCUT2D eigenvalue weighted by Gasteiger charge is -2.42. The average molecular weight is 445 g/mol. The van der Waals surface area contributed by atoms with E-state index in [1.807, 2.05) is 20.8 Å². The van der Waals surface area contributed by atoms with Crippen molar-refractivity contribution in [3.8, 4) is 5.75 Å². The van der Waals surface area contributed by atoms with Crippen molar-refractivity contribution in [3.05, 3.63) is 41.5 Å². The topological polar surface area (TPSA) is 99.1 Å². The number of carbonyl (C=O) groups is 3. The van der Waals surface area contributed by atoms with Gasteiger partial charge in [0.15, 0.2) is 5.78 Å². The zero-order chi connectivity index (χ0) is 23.8. The molecule has 32 heavy (non-hydrogen) atoms. The Morgan fingerprint density at radius 1 is 1.16 bits per heavy atom. The van der Waals surface area contributed by atoms with Gasteiger partial charge in [0.25, 0.3) is 0 Å². The van der Waals surface area contributed by atoms with Gasteiger partial charge in [0.2, 0.25) is 0 Å². The summed E-state index contributed by atoms with van der Waals surface area (Å²) in [5.74, 6) is -1.42. The Labute approximate surface area is 188 Å². The number of hydrogen-bond acceptors (Lipinski definition) is 7. The number of methoxy groups -OCH3 is 1. The minimum Gasteiger partial charge on any atom is -0.497 e. The van der Waals surface area contributed by atoms with Gasteiger partial charge in [-0.15, -0.1) is 0 Å². The summed E-state index contributed by atoms with van der Waals surface area (Å²) in [6.07, 6.45) is 0.339. The number of Topliss-reactive ketones (excluding diaryl/α,β-unsaturated/α-hetero) is 1. The molecule has 7 nitrogen and oxygen atoms in total. The van der Waals surface area contributed by atoms with E-state index in [-0.39, 0.29) is 24.5 Å². The molecular weight excluding hydrogens is 412 g/mol. The highest BCUT2D eigenvalue weighted by molar-refractivity contribution is 5.96. The Balaban J connectivity index is 2.05. The SMILES string of the molecule is COc1ccc(C(=O)O[C@H]2C=C(C)C(=O)C[C@@]3(C)[C@@H](OC(C)=O)C[C@@](O)(C(C)C)[C@H]23)cc1. The highest BCUT2D eigenvalue weighted by atomic mass is 16.6. The number of allylic oxidation sites excluding steroid dienone is 1. The van der Waals surface area contributed by atoms with Crippen molar-refractivity contribution in [3.63, 3.8) is 0 Å². The van der Waals surface area contributed by atoms with E-state index in [0.717, 1.165) is 0 Å². The first-order valence-electron chi connectivity index (χ1n) is 10.9. The molecule has 1 saturated carbocycles. The monoisotopic (exact) mass is 444 g/mol. The van der Waals surface area contributed by atoms with E-state index >= 15 is 0 Å². The Morgan fingerprint density at radius 3 is 2.31 bits per heavy atom. The lowest BCUT2D eigenvalue weighted by molar-refractivity contribution is -0.154. The summed E-state index contributed by atoms with van der Waals surface area (Å²) < 4.78 is 16.7. The Bertz CT molecular complexity index is 932. The molecule has 0 saturated heterocycles. The predicted molar refractivity (Wildman–Crippen MR) is 117 cm³/mol. The van der Waals surface area contributed by atoms with E-state index < -0.39 is 41.1 Å². The van der Waals surface area contributed by atoms with Gasteiger partial charge in [-0.2, -0.15) is 0 Å². The highest BCUT2D eigenvalue weighted by Gasteiger charge is 2.66. The second-order valence-corrected chi connectivity index (χ2v) is 9.48. The molecule has 174 valence electrons. The maximum absolute atomic E-state index is 13.0. The highest BCUT2D eigenvalue weighted by Crippen LogP contribution is 2.58. The van der Waals surface area contributed by atoms with Gasteiger partial charge < -0.3 is 19.3 Å². The average Bonchev–Trinajstić information content (AvgIpc) is 2.87. The summed E-state index contributed by atoms with van der Waals surface area (Å²) in [6.45, 7) is 8.58. The predicted octanol–water partition coefficient (Wildman–Crippen LogP) is 3.48. The summed E-state index contributed by atoms with van der Waals surface area (Å²) in [5, 5.41) is 11.8. The number of rotatable bonds is 5. The third-order valence-electron chi connectivity index (χ3n) is 7.10. The first kappa shape index (κ1) is 24.0. The molecular formula is C25H32O7. The van der Waals surface area contributed by atoms with Crippen molar-refractivity contribution < 1.29 is 33.7 Å². The number of esters is 2. The number of ether oxygens (including phenoxy) is 3. The van der Waals surface area contributed by atoms with E-state index in [1.165, 1.54) is 14.0 Å². The lowest BCUT2D eigenvalue weighted by Crippen LogP contribution is -2.50. The van der Waals surface area contributed by atoms with Crippen LogP contribution in [0.2, 0.25) is 0 Å². The van der Waals surface area contributed by atoms with Gasteiger partial charge in [0.05, 0.1) is 18.3 Å². The Hall–Kier alpha value is -2.67. The molecule has 0 aliphatic heterocycles. The van der Waals surface area contributed by atoms with Crippen LogP contribution in [0.25, 0.3) is 0 Å². The van der Waals surface area contributed by atoms with Crippen LogP contribution < -0.4 is 4.74 Å². The van der Waals surface area contributed by atoms with Crippen LogP contribution in [0, 0.1) is 17.3 Å². The summed E-state index contributed by atoms with van der Waals surface area (Å²) in [6, 6.07) is 6.53. The van der Waals surface area contributed by atoms with E-state index in [1.54, 1.807) is 37.3 Å². The molecule has 1 fully saturated rings. The zero-order valence-corrected chi connectivity index (χ0v) is 19.5. The number of carbonyl (C=O) groups excluding carboxylic acids is 3. The van der Waals surface area contributed by atoms with Crippen molar-refractivity contribution in [1.29, 1.82) is 0 Å². The molecule has 0 bridgehead atoms. The minimum atomic E-state index is -1.30. The van der Waals surface area contributed by atoms with Gasteiger partial charge in [-0.05, 0) is 48.8 Å².